The van der Waals surface area contributed by atoms with Crippen LogP contribution in [0.5, 0.6) is 0 Å². The van der Waals surface area contributed by atoms with Crippen LogP contribution in [0, 0.1) is 21.4 Å². The molecular weight excluding hydrogens is 244 g/mol. The Balaban J connectivity index is 2.28. The number of piperidine rings is 1. The van der Waals surface area contributed by atoms with Crippen molar-refractivity contribution in [1.82, 2.24) is 5.32 Å². The Bertz CT molecular complexity index is 524. The van der Waals surface area contributed by atoms with Gasteiger partial charge in [0, 0.05) is 30.9 Å². The monoisotopic (exact) mass is 260 g/mol. The molecule has 1 aromatic rings. The zero-order chi connectivity index (χ0) is 13.8. The Morgan fingerprint density at radius 3 is 3.00 bits per heavy atom. The number of hydrogen-bond donors (Lipinski definition) is 1. The normalized spacial score (nSPS) is 18.9. The molecule has 0 aliphatic carbocycles. The van der Waals surface area contributed by atoms with Crippen molar-refractivity contribution in [3.8, 4) is 6.07 Å². The maximum atomic E-state index is 11.0. The van der Waals surface area contributed by atoms with Crippen LogP contribution in [0.25, 0.3) is 0 Å². The SMILES string of the molecule is CNC1CCCN(c2ccc(C#N)c([N+](=O)[O-])c2)C1. The standard InChI is InChI=1S/C13H16N4O2/c1-15-11-3-2-6-16(9-11)12-5-4-10(8-14)13(7-12)17(18)19/h4-5,7,11,15H,2-3,6,9H2,1H3. The topological polar surface area (TPSA) is 82.2 Å². The fourth-order valence-electron chi connectivity index (χ4n) is 2.41. The first-order chi connectivity index (χ1) is 9.15. The zero-order valence-corrected chi connectivity index (χ0v) is 10.8. The number of nitrogens with zero attached hydrogens (tertiary/aromatic N) is 3. The molecule has 1 aliphatic heterocycles. The number of nitro benzene ring substituents is 1. The summed E-state index contributed by atoms with van der Waals surface area (Å²) in [4.78, 5) is 12.6. The first-order valence-electron chi connectivity index (χ1n) is 6.26. The number of rotatable bonds is 3. The second-order valence-electron chi connectivity index (χ2n) is 4.64. The summed E-state index contributed by atoms with van der Waals surface area (Å²) < 4.78 is 0. The van der Waals surface area contributed by atoms with Gasteiger partial charge < -0.3 is 10.2 Å². The number of nitriles is 1. The van der Waals surface area contributed by atoms with E-state index < -0.39 is 4.92 Å². The highest BCUT2D eigenvalue weighted by atomic mass is 16.6. The highest BCUT2D eigenvalue weighted by Gasteiger charge is 2.21. The van der Waals surface area contributed by atoms with E-state index in [4.69, 9.17) is 5.26 Å². The van der Waals surface area contributed by atoms with Gasteiger partial charge in [0.25, 0.3) is 5.69 Å². The smallest absolute Gasteiger partial charge is 0.289 e. The fraction of sp³-hybridized carbons (Fsp3) is 0.462. The van der Waals surface area contributed by atoms with Crippen molar-refractivity contribution in [3.63, 3.8) is 0 Å². The molecule has 6 heteroatoms. The maximum Gasteiger partial charge on any atom is 0.289 e. The molecular formula is C13H16N4O2. The molecule has 1 fully saturated rings. The van der Waals surface area contributed by atoms with Crippen LogP contribution in [-0.2, 0) is 0 Å². The molecule has 2 rings (SSSR count). The second kappa shape index (κ2) is 5.67. The van der Waals surface area contributed by atoms with Gasteiger partial charge in [-0.1, -0.05) is 0 Å². The van der Waals surface area contributed by atoms with E-state index in [-0.39, 0.29) is 11.3 Å². The van der Waals surface area contributed by atoms with E-state index in [0.29, 0.717) is 6.04 Å². The molecule has 1 N–H and O–H groups in total. The fourth-order valence-corrected chi connectivity index (χ4v) is 2.41. The molecule has 0 aromatic heterocycles. The van der Waals surface area contributed by atoms with Crippen LogP contribution in [0.1, 0.15) is 18.4 Å². The van der Waals surface area contributed by atoms with Gasteiger partial charge in [0.05, 0.1) is 4.92 Å². The molecule has 100 valence electrons. The van der Waals surface area contributed by atoms with Crippen molar-refractivity contribution < 1.29 is 4.92 Å². The average Bonchev–Trinajstić information content (AvgIpc) is 2.46. The Kier molecular flexibility index (Phi) is 3.97. The van der Waals surface area contributed by atoms with Gasteiger partial charge in [-0.15, -0.1) is 0 Å². The van der Waals surface area contributed by atoms with Crippen molar-refractivity contribution in [1.29, 1.82) is 5.26 Å². The number of benzene rings is 1. The molecule has 0 radical (unpaired) electrons. The molecule has 6 nitrogen and oxygen atoms in total. The number of nitro groups is 1. The van der Waals surface area contributed by atoms with E-state index in [1.54, 1.807) is 6.07 Å². The predicted octanol–water partition coefficient (Wildman–Crippen LogP) is 1.65. The molecule has 0 saturated carbocycles. The highest BCUT2D eigenvalue weighted by molar-refractivity contribution is 5.60. The summed E-state index contributed by atoms with van der Waals surface area (Å²) in [6.45, 7) is 1.72. The molecule has 19 heavy (non-hydrogen) atoms. The second-order valence-corrected chi connectivity index (χ2v) is 4.64. The summed E-state index contributed by atoms with van der Waals surface area (Å²) in [6.07, 6.45) is 2.17. The quantitative estimate of drug-likeness (QED) is 0.660. The van der Waals surface area contributed by atoms with Gasteiger partial charge in [0.2, 0.25) is 0 Å². The van der Waals surface area contributed by atoms with Crippen LogP contribution in [0.3, 0.4) is 0 Å². The molecule has 1 aromatic carbocycles. The minimum Gasteiger partial charge on any atom is -0.370 e. The lowest BCUT2D eigenvalue weighted by Crippen LogP contribution is -2.44. The summed E-state index contributed by atoms with van der Waals surface area (Å²) in [5.74, 6) is 0. The minimum absolute atomic E-state index is 0.107. The Labute approximate surface area is 111 Å². The molecule has 1 saturated heterocycles. The lowest BCUT2D eigenvalue weighted by molar-refractivity contribution is -0.385. The molecule has 0 bridgehead atoms. The van der Waals surface area contributed by atoms with Crippen LogP contribution in [0.15, 0.2) is 18.2 Å². The largest absolute Gasteiger partial charge is 0.370 e. The Hall–Kier alpha value is -2.13. The zero-order valence-electron chi connectivity index (χ0n) is 10.8. The first-order valence-corrected chi connectivity index (χ1v) is 6.26. The van der Waals surface area contributed by atoms with Crippen molar-refractivity contribution in [2.24, 2.45) is 0 Å². The van der Waals surface area contributed by atoms with Crippen molar-refractivity contribution in [2.45, 2.75) is 18.9 Å². The molecule has 1 aliphatic rings. The third-order valence-corrected chi connectivity index (χ3v) is 3.49. The third-order valence-electron chi connectivity index (χ3n) is 3.49. The van der Waals surface area contributed by atoms with Crippen molar-refractivity contribution in [2.75, 3.05) is 25.0 Å². The van der Waals surface area contributed by atoms with Gasteiger partial charge in [0.1, 0.15) is 11.6 Å². The van der Waals surface area contributed by atoms with Gasteiger partial charge in [-0.25, -0.2) is 0 Å². The van der Waals surface area contributed by atoms with Crippen molar-refractivity contribution >= 4 is 11.4 Å². The molecule has 0 amide bonds. The summed E-state index contributed by atoms with van der Waals surface area (Å²) in [5, 5.41) is 23.1. The van der Waals surface area contributed by atoms with Crippen LogP contribution in [0.4, 0.5) is 11.4 Å². The molecule has 0 spiro atoms. The van der Waals surface area contributed by atoms with Gasteiger partial charge >= 0.3 is 0 Å². The van der Waals surface area contributed by atoms with Gasteiger partial charge in [-0.3, -0.25) is 10.1 Å². The lowest BCUT2D eigenvalue weighted by atomic mass is 10.0. The number of hydrogen-bond acceptors (Lipinski definition) is 5. The van der Waals surface area contributed by atoms with Crippen molar-refractivity contribution in [3.05, 3.63) is 33.9 Å². The van der Waals surface area contributed by atoms with E-state index >= 15 is 0 Å². The van der Waals surface area contributed by atoms with E-state index in [0.717, 1.165) is 31.6 Å². The molecule has 1 unspecified atom stereocenters. The van der Waals surface area contributed by atoms with E-state index in [2.05, 4.69) is 10.2 Å². The van der Waals surface area contributed by atoms with E-state index in [1.807, 2.05) is 13.1 Å². The number of nitrogens with one attached hydrogen (secondary N) is 1. The molecule has 1 heterocycles. The predicted molar refractivity (Wildman–Crippen MR) is 72.1 cm³/mol. The lowest BCUT2D eigenvalue weighted by Gasteiger charge is -2.34. The Morgan fingerprint density at radius 2 is 2.37 bits per heavy atom. The van der Waals surface area contributed by atoms with Gasteiger partial charge in [0.15, 0.2) is 0 Å². The number of likely N-dealkylation sites (N-methyl/N-ethyl adjacent to an activating group) is 1. The van der Waals surface area contributed by atoms with Gasteiger partial charge in [-0.2, -0.15) is 5.26 Å². The van der Waals surface area contributed by atoms with Gasteiger partial charge in [-0.05, 0) is 32.0 Å². The highest BCUT2D eigenvalue weighted by Crippen LogP contribution is 2.27. The summed E-state index contributed by atoms with van der Waals surface area (Å²) in [7, 11) is 1.93. The Morgan fingerprint density at radius 1 is 1.58 bits per heavy atom. The summed E-state index contributed by atoms with van der Waals surface area (Å²) >= 11 is 0. The third kappa shape index (κ3) is 2.83. The molecule has 1 atom stereocenters. The maximum absolute atomic E-state index is 11.0. The number of anilines is 1. The summed E-state index contributed by atoms with van der Waals surface area (Å²) in [5.41, 5.74) is 0.799. The van der Waals surface area contributed by atoms with Crippen LogP contribution >= 0.6 is 0 Å². The van der Waals surface area contributed by atoms with Crippen LogP contribution in [0.2, 0.25) is 0 Å². The minimum atomic E-state index is -0.498. The average molecular weight is 260 g/mol. The first kappa shape index (κ1) is 13.3. The summed E-state index contributed by atoms with van der Waals surface area (Å²) in [6, 6.07) is 7.06. The van der Waals surface area contributed by atoms with Crippen LogP contribution in [-0.4, -0.2) is 31.1 Å². The van der Waals surface area contributed by atoms with Crippen LogP contribution < -0.4 is 10.2 Å². The van der Waals surface area contributed by atoms with E-state index in [1.165, 1.54) is 12.1 Å². The van der Waals surface area contributed by atoms with E-state index in [9.17, 15) is 10.1 Å².